The molecule has 0 bridgehead atoms. The molecular weight excluding hydrogens is 344 g/mol. The highest BCUT2D eigenvalue weighted by molar-refractivity contribution is 7.10. The Morgan fingerprint density at radius 1 is 1.00 bits per heavy atom. The van der Waals surface area contributed by atoms with Crippen LogP contribution in [0, 0.1) is 0 Å². The summed E-state index contributed by atoms with van der Waals surface area (Å²) >= 11 is 3.23. The fourth-order valence-corrected chi connectivity index (χ4v) is 4.09. The molecular formula is C17H18N2O3S2. The molecule has 2 aromatic heterocycles. The van der Waals surface area contributed by atoms with Crippen molar-refractivity contribution in [2.24, 2.45) is 0 Å². The number of carbonyl (C=O) groups excluding carboxylic acids is 3. The molecule has 0 unspecified atom stereocenters. The lowest BCUT2D eigenvalue weighted by Crippen LogP contribution is -2.35. The molecule has 0 radical (unpaired) electrons. The molecule has 2 aromatic rings. The topological polar surface area (TPSA) is 57.7 Å². The molecule has 1 aliphatic rings. The molecule has 0 aromatic carbocycles. The second kappa shape index (κ2) is 7.72. The van der Waals surface area contributed by atoms with Gasteiger partial charge in [0.1, 0.15) is 0 Å². The van der Waals surface area contributed by atoms with Gasteiger partial charge < -0.3 is 4.90 Å². The third-order valence-corrected chi connectivity index (χ3v) is 5.63. The number of imide groups is 1. The lowest BCUT2D eigenvalue weighted by molar-refractivity contribution is -0.139. The van der Waals surface area contributed by atoms with Crippen LogP contribution in [0.2, 0.25) is 0 Å². The lowest BCUT2D eigenvalue weighted by Gasteiger charge is -2.23. The summed E-state index contributed by atoms with van der Waals surface area (Å²) in [4.78, 5) is 41.2. The first-order valence-electron chi connectivity index (χ1n) is 7.79. The molecule has 3 amide bonds. The zero-order valence-electron chi connectivity index (χ0n) is 13.1. The van der Waals surface area contributed by atoms with Crippen molar-refractivity contribution in [1.82, 2.24) is 9.80 Å². The van der Waals surface area contributed by atoms with Crippen LogP contribution in [-0.4, -0.2) is 34.1 Å². The standard InChI is InChI=1S/C17H18N2O3S2/c20-15(7-8-19-16(21)5-6-17(19)22)18(11-13-3-1-9-23-13)12-14-4-2-10-24-14/h1-4,9-10H,5-8,11-12H2. The Morgan fingerprint density at radius 2 is 1.54 bits per heavy atom. The van der Waals surface area contributed by atoms with E-state index in [2.05, 4.69) is 0 Å². The van der Waals surface area contributed by atoms with Gasteiger partial charge >= 0.3 is 0 Å². The molecule has 7 heteroatoms. The number of amides is 3. The van der Waals surface area contributed by atoms with Crippen LogP contribution < -0.4 is 0 Å². The number of hydrogen-bond acceptors (Lipinski definition) is 5. The fraction of sp³-hybridized carbons (Fsp3) is 0.353. The molecule has 126 valence electrons. The number of nitrogens with zero attached hydrogens (tertiary/aromatic N) is 2. The van der Waals surface area contributed by atoms with Crippen LogP contribution >= 0.6 is 22.7 Å². The first-order chi connectivity index (χ1) is 11.6. The zero-order chi connectivity index (χ0) is 16.9. The first kappa shape index (κ1) is 16.9. The molecule has 24 heavy (non-hydrogen) atoms. The van der Waals surface area contributed by atoms with E-state index in [9.17, 15) is 14.4 Å². The van der Waals surface area contributed by atoms with Crippen molar-refractivity contribution >= 4 is 40.4 Å². The normalized spacial score (nSPS) is 14.4. The molecule has 5 nitrogen and oxygen atoms in total. The third-order valence-electron chi connectivity index (χ3n) is 3.91. The van der Waals surface area contributed by atoms with Gasteiger partial charge in [0.2, 0.25) is 17.7 Å². The van der Waals surface area contributed by atoms with Gasteiger partial charge in [0.05, 0.1) is 13.1 Å². The van der Waals surface area contributed by atoms with Gasteiger partial charge in [-0.25, -0.2) is 0 Å². The average Bonchev–Trinajstić information content (AvgIpc) is 3.30. The highest BCUT2D eigenvalue weighted by Gasteiger charge is 2.29. The monoisotopic (exact) mass is 362 g/mol. The van der Waals surface area contributed by atoms with Gasteiger partial charge in [0, 0.05) is 35.6 Å². The van der Waals surface area contributed by atoms with Crippen LogP contribution in [0.3, 0.4) is 0 Å². The Balaban J connectivity index is 1.63. The van der Waals surface area contributed by atoms with E-state index in [1.165, 1.54) is 4.90 Å². The van der Waals surface area contributed by atoms with Crippen molar-refractivity contribution in [3.8, 4) is 0 Å². The predicted octanol–water partition coefficient (Wildman–Crippen LogP) is 2.88. The quantitative estimate of drug-likeness (QED) is 0.712. The summed E-state index contributed by atoms with van der Waals surface area (Å²) in [5.74, 6) is -0.379. The molecule has 3 heterocycles. The fourth-order valence-electron chi connectivity index (χ4n) is 2.65. The van der Waals surface area contributed by atoms with Gasteiger partial charge in [-0.15, -0.1) is 22.7 Å². The molecule has 0 N–H and O–H groups in total. The minimum atomic E-state index is -0.170. The van der Waals surface area contributed by atoms with E-state index in [0.717, 1.165) is 9.75 Å². The number of likely N-dealkylation sites (tertiary alicyclic amines) is 1. The molecule has 0 spiro atoms. The van der Waals surface area contributed by atoms with Gasteiger partial charge in [-0.1, -0.05) is 12.1 Å². The van der Waals surface area contributed by atoms with E-state index in [-0.39, 0.29) is 43.5 Å². The van der Waals surface area contributed by atoms with Gasteiger partial charge in [-0.3, -0.25) is 19.3 Å². The van der Waals surface area contributed by atoms with E-state index in [1.54, 1.807) is 27.6 Å². The van der Waals surface area contributed by atoms with Gasteiger partial charge in [-0.2, -0.15) is 0 Å². The summed E-state index contributed by atoms with van der Waals surface area (Å²) in [7, 11) is 0. The summed E-state index contributed by atoms with van der Waals surface area (Å²) < 4.78 is 0. The Hall–Kier alpha value is -1.99. The maximum absolute atomic E-state index is 12.7. The molecule has 1 saturated heterocycles. The summed E-state index contributed by atoms with van der Waals surface area (Å²) in [6, 6.07) is 7.95. The van der Waals surface area contributed by atoms with Crippen LogP contribution in [0.25, 0.3) is 0 Å². The Morgan fingerprint density at radius 3 is 2.00 bits per heavy atom. The molecule has 1 fully saturated rings. The number of rotatable bonds is 7. The van der Waals surface area contributed by atoms with Crippen LogP contribution in [0.5, 0.6) is 0 Å². The van der Waals surface area contributed by atoms with E-state index < -0.39 is 0 Å². The van der Waals surface area contributed by atoms with E-state index in [4.69, 9.17) is 0 Å². The van der Waals surface area contributed by atoms with Crippen molar-refractivity contribution in [3.05, 3.63) is 44.8 Å². The summed E-state index contributed by atoms with van der Waals surface area (Å²) in [5, 5.41) is 3.98. The molecule has 0 saturated carbocycles. The lowest BCUT2D eigenvalue weighted by atomic mass is 10.3. The zero-order valence-corrected chi connectivity index (χ0v) is 14.8. The van der Waals surface area contributed by atoms with Crippen molar-refractivity contribution in [3.63, 3.8) is 0 Å². The van der Waals surface area contributed by atoms with Crippen molar-refractivity contribution in [2.75, 3.05) is 6.54 Å². The Kier molecular flexibility index (Phi) is 5.42. The smallest absolute Gasteiger partial charge is 0.229 e. The van der Waals surface area contributed by atoms with Crippen molar-refractivity contribution in [2.45, 2.75) is 32.4 Å². The number of thiophene rings is 2. The third kappa shape index (κ3) is 4.10. The van der Waals surface area contributed by atoms with Crippen LogP contribution in [-0.2, 0) is 27.5 Å². The summed E-state index contributed by atoms with van der Waals surface area (Å²) in [6.45, 7) is 1.29. The van der Waals surface area contributed by atoms with Crippen molar-refractivity contribution in [1.29, 1.82) is 0 Å². The SMILES string of the molecule is O=C(CCN1C(=O)CCC1=O)N(Cc1cccs1)Cc1cccs1. The van der Waals surface area contributed by atoms with Gasteiger partial charge in [0.15, 0.2) is 0 Å². The summed E-state index contributed by atoms with van der Waals surface area (Å²) in [5.41, 5.74) is 0. The molecule has 3 rings (SSSR count). The van der Waals surface area contributed by atoms with Gasteiger partial charge in [0.25, 0.3) is 0 Å². The van der Waals surface area contributed by atoms with E-state index in [1.807, 2.05) is 35.0 Å². The minimum Gasteiger partial charge on any atom is -0.332 e. The van der Waals surface area contributed by atoms with Gasteiger partial charge in [-0.05, 0) is 22.9 Å². The molecule has 1 aliphatic heterocycles. The second-order valence-electron chi connectivity index (χ2n) is 5.60. The predicted molar refractivity (Wildman–Crippen MR) is 93.5 cm³/mol. The second-order valence-corrected chi connectivity index (χ2v) is 7.66. The summed E-state index contributed by atoms with van der Waals surface area (Å²) in [6.07, 6.45) is 0.705. The first-order valence-corrected chi connectivity index (χ1v) is 9.55. The maximum Gasteiger partial charge on any atom is 0.229 e. The Labute approximate surface area is 148 Å². The van der Waals surface area contributed by atoms with E-state index in [0.29, 0.717) is 13.1 Å². The molecule has 0 atom stereocenters. The highest BCUT2D eigenvalue weighted by Crippen LogP contribution is 2.19. The number of carbonyl (C=O) groups is 3. The Bertz CT molecular complexity index is 658. The highest BCUT2D eigenvalue weighted by atomic mass is 32.1. The maximum atomic E-state index is 12.7. The van der Waals surface area contributed by atoms with Crippen LogP contribution in [0.4, 0.5) is 0 Å². The van der Waals surface area contributed by atoms with Crippen LogP contribution in [0.1, 0.15) is 29.0 Å². The minimum absolute atomic E-state index is 0.0377. The molecule has 0 aliphatic carbocycles. The van der Waals surface area contributed by atoms with Crippen LogP contribution in [0.15, 0.2) is 35.0 Å². The van der Waals surface area contributed by atoms with Crippen molar-refractivity contribution < 1.29 is 14.4 Å². The number of hydrogen-bond donors (Lipinski definition) is 0. The largest absolute Gasteiger partial charge is 0.332 e. The van der Waals surface area contributed by atoms with E-state index >= 15 is 0 Å². The average molecular weight is 362 g/mol.